The Balaban J connectivity index is 2.52. The van der Waals surface area contributed by atoms with Gasteiger partial charge in [0.2, 0.25) is 0 Å². The molecule has 4 atom stereocenters. The van der Waals surface area contributed by atoms with Crippen molar-refractivity contribution in [2.24, 2.45) is 10.8 Å². The predicted molar refractivity (Wildman–Crippen MR) is 66.1 cm³/mol. The standard InChI is InChI=1S/C11H15Br2NO/c1-9(2)8(15)11(13)4-3-10(9,5-6-14)7(11)12/h7-8,15H,3-5H2,1-2H3/t7-,8+,10+,11+/m1/s1. The number of fused-ring (bicyclic) bond motifs is 2. The highest BCUT2D eigenvalue weighted by molar-refractivity contribution is 9.12. The zero-order valence-electron chi connectivity index (χ0n) is 8.93. The van der Waals surface area contributed by atoms with Crippen molar-refractivity contribution >= 4 is 31.9 Å². The Bertz CT molecular complexity index is 338. The molecule has 0 saturated heterocycles. The summed E-state index contributed by atoms with van der Waals surface area (Å²) in [6, 6.07) is 2.29. The molecule has 2 bridgehead atoms. The zero-order valence-corrected chi connectivity index (χ0v) is 12.1. The molecule has 0 heterocycles. The summed E-state index contributed by atoms with van der Waals surface area (Å²) in [4.78, 5) is 0.183. The van der Waals surface area contributed by atoms with Gasteiger partial charge in [0.1, 0.15) is 0 Å². The molecule has 2 aliphatic rings. The van der Waals surface area contributed by atoms with Crippen LogP contribution in [-0.2, 0) is 0 Å². The second kappa shape index (κ2) is 3.21. The minimum absolute atomic E-state index is 0.0926. The summed E-state index contributed by atoms with van der Waals surface area (Å²) in [5, 5.41) is 19.4. The Labute approximate surface area is 107 Å². The van der Waals surface area contributed by atoms with Crippen LogP contribution in [0.25, 0.3) is 0 Å². The van der Waals surface area contributed by atoms with Crippen LogP contribution in [0, 0.1) is 22.2 Å². The van der Waals surface area contributed by atoms with Gasteiger partial charge in [-0.05, 0) is 18.3 Å². The number of aliphatic hydroxyl groups is 1. The number of halogens is 2. The van der Waals surface area contributed by atoms with Gasteiger partial charge in [0.25, 0.3) is 0 Å². The largest absolute Gasteiger partial charge is 0.391 e. The number of aliphatic hydroxyl groups excluding tert-OH is 1. The van der Waals surface area contributed by atoms with E-state index in [0.29, 0.717) is 6.42 Å². The van der Waals surface area contributed by atoms with E-state index in [4.69, 9.17) is 5.26 Å². The molecule has 2 aliphatic carbocycles. The number of nitrogens with zero attached hydrogens (tertiary/aromatic N) is 1. The predicted octanol–water partition coefficient (Wildman–Crippen LogP) is 2.98. The minimum Gasteiger partial charge on any atom is -0.391 e. The number of nitriles is 1. The Hall–Kier alpha value is 0.410. The molecule has 0 amide bonds. The van der Waals surface area contributed by atoms with E-state index < -0.39 is 6.10 Å². The average Bonchev–Trinajstić information content (AvgIpc) is 2.48. The van der Waals surface area contributed by atoms with E-state index in [-0.39, 0.29) is 20.0 Å². The van der Waals surface area contributed by atoms with Crippen LogP contribution in [0.3, 0.4) is 0 Å². The second-order valence-electron chi connectivity index (χ2n) is 5.40. The molecule has 4 heteroatoms. The van der Waals surface area contributed by atoms with Crippen molar-refractivity contribution in [3.63, 3.8) is 0 Å². The third-order valence-corrected chi connectivity index (χ3v) is 8.27. The molecule has 1 N–H and O–H groups in total. The van der Waals surface area contributed by atoms with Gasteiger partial charge in [-0.25, -0.2) is 0 Å². The Morgan fingerprint density at radius 1 is 1.47 bits per heavy atom. The van der Waals surface area contributed by atoms with Crippen LogP contribution in [0.4, 0.5) is 0 Å². The van der Waals surface area contributed by atoms with Crippen LogP contribution in [0.5, 0.6) is 0 Å². The lowest BCUT2D eigenvalue weighted by Crippen LogP contribution is -2.46. The van der Waals surface area contributed by atoms with Gasteiger partial charge in [-0.3, -0.25) is 0 Å². The van der Waals surface area contributed by atoms with E-state index in [1.165, 1.54) is 0 Å². The Morgan fingerprint density at radius 2 is 2.07 bits per heavy atom. The van der Waals surface area contributed by atoms with Crippen molar-refractivity contribution in [2.45, 2.75) is 48.4 Å². The fourth-order valence-corrected chi connectivity index (χ4v) is 6.14. The van der Waals surface area contributed by atoms with Crippen LogP contribution in [0.2, 0.25) is 0 Å². The first-order chi connectivity index (χ1) is 6.83. The topological polar surface area (TPSA) is 44.0 Å². The van der Waals surface area contributed by atoms with Crippen molar-refractivity contribution in [1.29, 1.82) is 5.26 Å². The van der Waals surface area contributed by atoms with Crippen molar-refractivity contribution < 1.29 is 5.11 Å². The summed E-state index contributed by atoms with van der Waals surface area (Å²) in [7, 11) is 0. The van der Waals surface area contributed by atoms with Crippen molar-refractivity contribution in [3.05, 3.63) is 0 Å². The van der Waals surface area contributed by atoms with Gasteiger partial charge >= 0.3 is 0 Å². The minimum atomic E-state index is -0.392. The quantitative estimate of drug-likeness (QED) is 0.748. The molecule has 0 aromatic rings. The van der Waals surface area contributed by atoms with Crippen molar-refractivity contribution in [3.8, 4) is 6.07 Å². The lowest BCUT2D eigenvalue weighted by Gasteiger charge is -2.44. The van der Waals surface area contributed by atoms with Gasteiger partial charge < -0.3 is 5.11 Å². The summed E-state index contributed by atoms with van der Waals surface area (Å²) < 4.78 is -0.243. The average molecular weight is 337 g/mol. The van der Waals surface area contributed by atoms with Gasteiger partial charge in [-0.2, -0.15) is 5.26 Å². The summed E-state index contributed by atoms with van der Waals surface area (Å²) in [6.45, 7) is 4.15. The highest BCUT2D eigenvalue weighted by Crippen LogP contribution is 2.72. The first-order valence-corrected chi connectivity index (χ1v) is 6.92. The maximum Gasteiger partial charge on any atom is 0.0761 e. The highest BCUT2D eigenvalue weighted by atomic mass is 79.9. The number of rotatable bonds is 1. The first-order valence-electron chi connectivity index (χ1n) is 5.21. The fourth-order valence-electron chi connectivity index (χ4n) is 3.47. The molecule has 0 aromatic carbocycles. The number of hydrogen-bond acceptors (Lipinski definition) is 2. The molecule has 2 rings (SSSR count). The molecule has 15 heavy (non-hydrogen) atoms. The molecule has 0 spiro atoms. The van der Waals surface area contributed by atoms with Crippen LogP contribution in [0.15, 0.2) is 0 Å². The lowest BCUT2D eigenvalue weighted by atomic mass is 9.62. The zero-order chi connectivity index (χ0) is 11.5. The molecular formula is C11H15Br2NO. The van der Waals surface area contributed by atoms with E-state index >= 15 is 0 Å². The van der Waals surface area contributed by atoms with Gasteiger partial charge in [0, 0.05) is 16.7 Å². The molecule has 2 fully saturated rings. The molecule has 0 radical (unpaired) electrons. The third-order valence-electron chi connectivity index (χ3n) is 4.68. The number of hydrogen-bond donors (Lipinski definition) is 1. The van der Waals surface area contributed by atoms with E-state index in [2.05, 4.69) is 51.8 Å². The molecule has 2 saturated carbocycles. The highest BCUT2D eigenvalue weighted by Gasteiger charge is 2.73. The van der Waals surface area contributed by atoms with Crippen molar-refractivity contribution in [2.75, 3.05) is 0 Å². The molecule has 2 nitrogen and oxygen atoms in total. The molecule has 0 unspecified atom stereocenters. The Morgan fingerprint density at radius 3 is 2.47 bits per heavy atom. The summed E-state index contributed by atoms with van der Waals surface area (Å²) in [5.74, 6) is 0. The fraction of sp³-hybridized carbons (Fsp3) is 0.909. The molecular weight excluding hydrogens is 322 g/mol. The van der Waals surface area contributed by atoms with Crippen LogP contribution >= 0.6 is 31.9 Å². The summed E-state index contributed by atoms with van der Waals surface area (Å²) in [6.07, 6.45) is 2.07. The molecule has 0 aromatic heterocycles. The maximum atomic E-state index is 10.4. The van der Waals surface area contributed by atoms with Crippen molar-refractivity contribution in [1.82, 2.24) is 0 Å². The smallest absolute Gasteiger partial charge is 0.0761 e. The van der Waals surface area contributed by atoms with E-state index in [0.717, 1.165) is 12.8 Å². The maximum absolute atomic E-state index is 10.4. The van der Waals surface area contributed by atoms with Crippen LogP contribution in [-0.4, -0.2) is 20.4 Å². The number of alkyl halides is 2. The summed E-state index contributed by atoms with van der Waals surface area (Å²) in [5.41, 5.74) is -0.302. The normalized spacial score (nSPS) is 51.7. The first kappa shape index (κ1) is 11.9. The Kier molecular flexibility index (Phi) is 2.54. The monoisotopic (exact) mass is 335 g/mol. The van der Waals surface area contributed by atoms with Gasteiger partial charge in [0.05, 0.1) is 16.5 Å². The van der Waals surface area contributed by atoms with Gasteiger partial charge in [0.15, 0.2) is 0 Å². The van der Waals surface area contributed by atoms with E-state index in [9.17, 15) is 5.11 Å². The SMILES string of the molecule is CC1(C)[C@H](O)[C@]2(Br)CC[C@]1(CC#N)[C@H]2Br. The summed E-state index contributed by atoms with van der Waals surface area (Å²) >= 11 is 7.40. The molecule has 84 valence electrons. The van der Waals surface area contributed by atoms with Crippen LogP contribution < -0.4 is 0 Å². The van der Waals surface area contributed by atoms with Gasteiger partial charge in [-0.1, -0.05) is 45.7 Å². The van der Waals surface area contributed by atoms with Gasteiger partial charge in [-0.15, -0.1) is 0 Å². The third kappa shape index (κ3) is 1.13. The van der Waals surface area contributed by atoms with E-state index in [1.807, 2.05) is 0 Å². The van der Waals surface area contributed by atoms with Crippen LogP contribution in [0.1, 0.15) is 33.1 Å². The van der Waals surface area contributed by atoms with E-state index in [1.54, 1.807) is 0 Å². The lowest BCUT2D eigenvalue weighted by molar-refractivity contribution is -0.0276. The second-order valence-corrected chi connectivity index (χ2v) is 7.80. The molecule has 0 aliphatic heterocycles.